The first-order valence-electron chi connectivity index (χ1n) is 7.23. The smallest absolute Gasteiger partial charge is 0.269 e. The molecule has 11 heteroatoms. The van der Waals surface area contributed by atoms with E-state index >= 15 is 0 Å². The number of hydrogen-bond donors (Lipinski definition) is 5. The van der Waals surface area contributed by atoms with Gasteiger partial charge in [-0.05, 0) is 12.1 Å². The summed E-state index contributed by atoms with van der Waals surface area (Å²) >= 11 is 0. The van der Waals surface area contributed by atoms with E-state index in [4.69, 9.17) is 9.47 Å². The number of aliphatic hydroxyl groups is 4. The van der Waals surface area contributed by atoms with E-state index in [0.717, 1.165) is 19.1 Å². The van der Waals surface area contributed by atoms with Crippen LogP contribution in [0.3, 0.4) is 0 Å². The molecular formula is C14H18N2O9. The molecule has 0 saturated carbocycles. The molecule has 1 aliphatic rings. The summed E-state index contributed by atoms with van der Waals surface area (Å²) in [6, 6.07) is 4.73. The van der Waals surface area contributed by atoms with Gasteiger partial charge >= 0.3 is 0 Å². The lowest BCUT2D eigenvalue weighted by molar-refractivity contribution is -0.384. The molecular weight excluding hydrogens is 340 g/mol. The Kier molecular flexibility index (Phi) is 5.55. The van der Waals surface area contributed by atoms with Crippen LogP contribution in [0.4, 0.5) is 5.69 Å². The Hall–Kier alpha value is -2.31. The molecule has 11 nitrogen and oxygen atoms in total. The van der Waals surface area contributed by atoms with Gasteiger partial charge < -0.3 is 35.2 Å². The number of amides is 1. The van der Waals surface area contributed by atoms with Crippen molar-refractivity contribution >= 4 is 11.6 Å². The van der Waals surface area contributed by atoms with Gasteiger partial charge in [-0.1, -0.05) is 0 Å². The molecule has 1 fully saturated rings. The van der Waals surface area contributed by atoms with Crippen LogP contribution in [-0.2, 0) is 9.53 Å². The molecule has 25 heavy (non-hydrogen) atoms. The van der Waals surface area contributed by atoms with Gasteiger partial charge in [-0.15, -0.1) is 0 Å². The first-order chi connectivity index (χ1) is 11.7. The van der Waals surface area contributed by atoms with E-state index in [0.29, 0.717) is 0 Å². The number of rotatable bonds is 5. The van der Waals surface area contributed by atoms with Crippen LogP contribution >= 0.6 is 0 Å². The minimum Gasteiger partial charge on any atom is -0.460 e. The van der Waals surface area contributed by atoms with Crippen LogP contribution in [0.25, 0.3) is 0 Å². The third-order valence-corrected chi connectivity index (χ3v) is 3.66. The number of carbonyl (C=O) groups is 1. The van der Waals surface area contributed by atoms with Crippen LogP contribution in [0.5, 0.6) is 5.75 Å². The molecule has 1 aromatic rings. The maximum atomic E-state index is 11.3. The van der Waals surface area contributed by atoms with E-state index in [1.165, 1.54) is 12.1 Å². The van der Waals surface area contributed by atoms with Crippen LogP contribution in [0.15, 0.2) is 24.3 Å². The minimum atomic E-state index is -2.52. The summed E-state index contributed by atoms with van der Waals surface area (Å²) in [4.78, 5) is 21.4. The van der Waals surface area contributed by atoms with Crippen molar-refractivity contribution in [1.29, 1.82) is 0 Å². The number of nitro groups is 1. The number of hydrogen-bond acceptors (Lipinski definition) is 9. The fourth-order valence-electron chi connectivity index (χ4n) is 2.40. The number of carbonyl (C=O) groups excluding carboxylic acids is 1. The monoisotopic (exact) mass is 358 g/mol. The summed E-state index contributed by atoms with van der Waals surface area (Å²) in [5.74, 6) is -0.711. The van der Waals surface area contributed by atoms with Crippen molar-refractivity contribution < 1.29 is 39.6 Å². The zero-order valence-electron chi connectivity index (χ0n) is 13.1. The van der Waals surface area contributed by atoms with Gasteiger partial charge in [0, 0.05) is 19.1 Å². The highest BCUT2D eigenvalue weighted by Gasteiger charge is 2.57. The largest absolute Gasteiger partial charge is 0.460 e. The Morgan fingerprint density at radius 2 is 2.00 bits per heavy atom. The highest BCUT2D eigenvalue weighted by atomic mass is 16.7. The highest BCUT2D eigenvalue weighted by Crippen LogP contribution is 2.31. The van der Waals surface area contributed by atoms with Crippen molar-refractivity contribution in [3.63, 3.8) is 0 Å². The van der Waals surface area contributed by atoms with Crippen molar-refractivity contribution in [2.75, 3.05) is 6.61 Å². The second-order valence-corrected chi connectivity index (χ2v) is 5.50. The van der Waals surface area contributed by atoms with Crippen LogP contribution in [-0.4, -0.2) is 68.2 Å². The van der Waals surface area contributed by atoms with Gasteiger partial charge in [0.15, 0.2) is 0 Å². The number of nitrogens with zero attached hydrogens (tertiary/aromatic N) is 1. The number of benzene rings is 1. The van der Waals surface area contributed by atoms with Gasteiger partial charge in [0.1, 0.15) is 24.1 Å². The summed E-state index contributed by atoms with van der Waals surface area (Å²) in [5.41, 5.74) is -2.71. The quantitative estimate of drug-likeness (QED) is 0.232. The third kappa shape index (κ3) is 3.86. The van der Waals surface area contributed by atoms with Crippen LogP contribution in [0.2, 0.25) is 0 Å². The first-order valence-corrected chi connectivity index (χ1v) is 7.23. The van der Waals surface area contributed by atoms with Crippen molar-refractivity contribution in [3.05, 3.63) is 34.4 Å². The van der Waals surface area contributed by atoms with Gasteiger partial charge in [0.05, 0.1) is 11.5 Å². The van der Waals surface area contributed by atoms with E-state index < -0.39 is 47.8 Å². The molecule has 0 aliphatic carbocycles. The standard InChI is InChI=1S/C14H18N2O9/c1-7(18)15-14(21)12(20)11(19)10(6-17)25-13(14)24-9-4-2-8(3-5-9)16(22)23/h2-5,10-13,17,19-21H,6H2,1H3,(H,15,18)/t10-,11-,12+,13-,14-/m1/s1. The third-order valence-electron chi connectivity index (χ3n) is 3.66. The lowest BCUT2D eigenvalue weighted by Crippen LogP contribution is -2.74. The predicted molar refractivity (Wildman–Crippen MR) is 80.3 cm³/mol. The summed E-state index contributed by atoms with van der Waals surface area (Å²) in [7, 11) is 0. The lowest BCUT2D eigenvalue weighted by atomic mass is 9.93. The molecule has 138 valence electrons. The topological polar surface area (TPSA) is 172 Å². The highest BCUT2D eigenvalue weighted by molar-refractivity contribution is 5.73. The average Bonchev–Trinajstić information content (AvgIpc) is 2.55. The van der Waals surface area contributed by atoms with Crippen LogP contribution < -0.4 is 10.1 Å². The van der Waals surface area contributed by atoms with Crippen molar-refractivity contribution in [1.82, 2.24) is 5.32 Å². The van der Waals surface area contributed by atoms with Crippen LogP contribution in [0, 0.1) is 10.1 Å². The average molecular weight is 358 g/mol. The SMILES string of the molecule is CC(=O)N[C@]1(O)[C@H](Oc2ccc([N+](=O)[O-])cc2)O[C@H](CO)[C@@H](O)[C@@H]1O. The molecule has 5 N–H and O–H groups in total. The summed E-state index contributed by atoms with van der Waals surface area (Å²) < 4.78 is 10.6. The van der Waals surface area contributed by atoms with Gasteiger partial charge in [0.25, 0.3) is 12.0 Å². The Labute approximate surface area is 141 Å². The fraction of sp³-hybridized carbons (Fsp3) is 0.500. The molecule has 0 aromatic heterocycles. The first kappa shape index (κ1) is 19.0. The zero-order valence-corrected chi connectivity index (χ0v) is 13.1. The molecule has 5 atom stereocenters. The van der Waals surface area contributed by atoms with Gasteiger partial charge in [-0.2, -0.15) is 0 Å². The molecule has 1 aliphatic heterocycles. The van der Waals surface area contributed by atoms with E-state index in [2.05, 4.69) is 0 Å². The van der Waals surface area contributed by atoms with Gasteiger partial charge in [0.2, 0.25) is 11.6 Å². The number of aliphatic hydroxyl groups excluding tert-OH is 3. The van der Waals surface area contributed by atoms with Crippen LogP contribution in [0.1, 0.15) is 6.92 Å². The maximum Gasteiger partial charge on any atom is 0.269 e. The van der Waals surface area contributed by atoms with Crippen molar-refractivity contribution in [2.24, 2.45) is 0 Å². The Balaban J connectivity index is 2.29. The van der Waals surface area contributed by atoms with Crippen molar-refractivity contribution in [3.8, 4) is 5.75 Å². The summed E-state index contributed by atoms with van der Waals surface area (Å²) in [5, 5.41) is 52.5. The molecule has 0 spiro atoms. The van der Waals surface area contributed by atoms with E-state index in [-0.39, 0.29) is 11.4 Å². The molecule has 0 radical (unpaired) electrons. The summed E-state index contributed by atoms with van der Waals surface area (Å²) in [6.45, 7) is 0.382. The number of nitro benzene ring substituents is 1. The Bertz CT molecular complexity index is 638. The normalized spacial score (nSPS) is 32.0. The maximum absolute atomic E-state index is 11.3. The second kappa shape index (κ2) is 7.29. The van der Waals surface area contributed by atoms with Crippen molar-refractivity contribution in [2.45, 2.75) is 37.3 Å². The van der Waals surface area contributed by atoms with E-state index in [1.54, 1.807) is 0 Å². The Morgan fingerprint density at radius 1 is 1.40 bits per heavy atom. The lowest BCUT2D eigenvalue weighted by Gasteiger charge is -2.47. The second-order valence-electron chi connectivity index (χ2n) is 5.50. The molecule has 1 saturated heterocycles. The molecule has 1 aromatic carbocycles. The van der Waals surface area contributed by atoms with Gasteiger partial charge in [-0.3, -0.25) is 14.9 Å². The number of nitrogens with one attached hydrogen (secondary N) is 1. The molecule has 2 rings (SSSR count). The molecule has 1 heterocycles. The zero-order chi connectivity index (χ0) is 18.8. The van der Waals surface area contributed by atoms with E-state index in [9.17, 15) is 35.3 Å². The number of ether oxygens (including phenoxy) is 2. The number of non-ortho nitro benzene ring substituents is 1. The Morgan fingerprint density at radius 3 is 2.48 bits per heavy atom. The molecule has 0 unspecified atom stereocenters. The molecule has 1 amide bonds. The van der Waals surface area contributed by atoms with Gasteiger partial charge in [-0.25, -0.2) is 0 Å². The predicted octanol–water partition coefficient (Wildman–Crippen LogP) is -1.76. The molecule has 0 bridgehead atoms. The fourth-order valence-corrected chi connectivity index (χ4v) is 2.40. The summed E-state index contributed by atoms with van der Waals surface area (Å²) in [6.07, 6.45) is -6.61. The van der Waals surface area contributed by atoms with E-state index in [1.807, 2.05) is 5.32 Å². The minimum absolute atomic E-state index is 0.0275.